The lowest BCUT2D eigenvalue weighted by atomic mass is 10.2. The molecule has 0 aliphatic heterocycles. The highest BCUT2D eigenvalue weighted by molar-refractivity contribution is 9.10. The van der Waals surface area contributed by atoms with Crippen molar-refractivity contribution in [3.63, 3.8) is 0 Å². The first kappa shape index (κ1) is 18.3. The molecule has 0 unspecified atom stereocenters. The average molecular weight is 393 g/mol. The van der Waals surface area contributed by atoms with E-state index >= 15 is 0 Å². The first-order valence-electron chi connectivity index (χ1n) is 7.60. The van der Waals surface area contributed by atoms with Gasteiger partial charge in [0.05, 0.1) is 14.2 Å². The largest absolute Gasteiger partial charge is 0.493 e. The van der Waals surface area contributed by atoms with Crippen LogP contribution in [0, 0.1) is 0 Å². The summed E-state index contributed by atoms with van der Waals surface area (Å²) >= 11 is 3.51. The summed E-state index contributed by atoms with van der Waals surface area (Å²) in [7, 11) is 3.11. The molecule has 0 spiro atoms. The molecule has 24 heavy (non-hydrogen) atoms. The monoisotopic (exact) mass is 392 g/mol. The van der Waals surface area contributed by atoms with Crippen molar-refractivity contribution in [1.29, 1.82) is 0 Å². The molecule has 128 valence electrons. The molecule has 5 nitrogen and oxygen atoms in total. The molecule has 0 radical (unpaired) electrons. The summed E-state index contributed by atoms with van der Waals surface area (Å²) in [6, 6.07) is 13.2. The number of benzene rings is 2. The van der Waals surface area contributed by atoms with E-state index in [1.807, 2.05) is 18.2 Å². The first-order valence-corrected chi connectivity index (χ1v) is 8.39. The third kappa shape index (κ3) is 4.97. The SMILES string of the molecule is COc1ccc(C(=O)NCCNCc2ccccc2Br)cc1OC. The quantitative estimate of drug-likeness (QED) is 0.677. The molecule has 0 heterocycles. The minimum absolute atomic E-state index is 0.140. The summed E-state index contributed by atoms with van der Waals surface area (Å²) in [5, 5.41) is 6.18. The van der Waals surface area contributed by atoms with Gasteiger partial charge < -0.3 is 20.1 Å². The molecule has 2 aromatic rings. The van der Waals surface area contributed by atoms with Gasteiger partial charge in [-0.15, -0.1) is 0 Å². The summed E-state index contributed by atoms with van der Waals surface area (Å²) in [6.07, 6.45) is 0. The van der Waals surface area contributed by atoms with E-state index < -0.39 is 0 Å². The molecular formula is C18H21BrN2O3. The Morgan fingerprint density at radius 3 is 2.50 bits per heavy atom. The summed E-state index contributed by atoms with van der Waals surface area (Å²) in [5.41, 5.74) is 1.72. The zero-order chi connectivity index (χ0) is 17.4. The number of nitrogens with one attached hydrogen (secondary N) is 2. The van der Waals surface area contributed by atoms with Gasteiger partial charge in [0.1, 0.15) is 0 Å². The van der Waals surface area contributed by atoms with Gasteiger partial charge in [-0.05, 0) is 29.8 Å². The van der Waals surface area contributed by atoms with Crippen molar-refractivity contribution in [2.24, 2.45) is 0 Å². The Morgan fingerprint density at radius 1 is 1.04 bits per heavy atom. The number of hydrogen-bond acceptors (Lipinski definition) is 4. The van der Waals surface area contributed by atoms with Gasteiger partial charge in [-0.2, -0.15) is 0 Å². The molecule has 0 atom stereocenters. The molecule has 2 aromatic carbocycles. The fourth-order valence-corrected chi connectivity index (χ4v) is 2.63. The van der Waals surface area contributed by atoms with Gasteiger partial charge in [-0.3, -0.25) is 4.79 Å². The standard InChI is InChI=1S/C18H21BrN2O3/c1-23-16-8-7-13(11-17(16)24-2)18(22)21-10-9-20-12-14-5-3-4-6-15(14)19/h3-8,11,20H,9-10,12H2,1-2H3,(H,21,22). The van der Waals surface area contributed by atoms with Crippen LogP contribution in [0.25, 0.3) is 0 Å². The lowest BCUT2D eigenvalue weighted by molar-refractivity contribution is 0.0953. The number of methoxy groups -OCH3 is 2. The van der Waals surface area contributed by atoms with Crippen LogP contribution in [0.5, 0.6) is 11.5 Å². The number of carbonyl (C=O) groups is 1. The summed E-state index contributed by atoms with van der Waals surface area (Å²) in [4.78, 5) is 12.2. The zero-order valence-corrected chi connectivity index (χ0v) is 15.4. The maximum absolute atomic E-state index is 12.2. The van der Waals surface area contributed by atoms with Crippen LogP contribution < -0.4 is 20.1 Å². The number of carbonyl (C=O) groups excluding carboxylic acids is 1. The third-order valence-electron chi connectivity index (χ3n) is 3.51. The van der Waals surface area contributed by atoms with Gasteiger partial charge in [0, 0.05) is 29.7 Å². The third-order valence-corrected chi connectivity index (χ3v) is 4.28. The highest BCUT2D eigenvalue weighted by Gasteiger charge is 2.10. The van der Waals surface area contributed by atoms with Crippen LogP contribution in [0.2, 0.25) is 0 Å². The minimum atomic E-state index is -0.140. The van der Waals surface area contributed by atoms with E-state index in [2.05, 4.69) is 32.6 Å². The van der Waals surface area contributed by atoms with Crippen LogP contribution in [-0.4, -0.2) is 33.2 Å². The predicted octanol–water partition coefficient (Wildman–Crippen LogP) is 2.99. The van der Waals surface area contributed by atoms with Crippen molar-refractivity contribution in [2.45, 2.75) is 6.54 Å². The van der Waals surface area contributed by atoms with Crippen molar-refractivity contribution >= 4 is 21.8 Å². The smallest absolute Gasteiger partial charge is 0.251 e. The molecule has 0 aliphatic rings. The molecule has 0 bridgehead atoms. The van der Waals surface area contributed by atoms with E-state index in [9.17, 15) is 4.79 Å². The van der Waals surface area contributed by atoms with Gasteiger partial charge in [0.25, 0.3) is 5.91 Å². The van der Waals surface area contributed by atoms with E-state index in [1.165, 1.54) is 5.56 Å². The Labute approximate surface area is 150 Å². The van der Waals surface area contributed by atoms with Crippen LogP contribution >= 0.6 is 15.9 Å². The molecule has 0 aliphatic carbocycles. The van der Waals surface area contributed by atoms with Gasteiger partial charge in [-0.25, -0.2) is 0 Å². The van der Waals surface area contributed by atoms with Crippen molar-refractivity contribution in [1.82, 2.24) is 10.6 Å². The average Bonchev–Trinajstić information content (AvgIpc) is 2.62. The molecule has 6 heteroatoms. The second-order valence-corrected chi connectivity index (χ2v) is 5.95. The van der Waals surface area contributed by atoms with Gasteiger partial charge in [0.15, 0.2) is 11.5 Å². The van der Waals surface area contributed by atoms with Crippen LogP contribution in [-0.2, 0) is 6.54 Å². The van der Waals surface area contributed by atoms with Crippen LogP contribution in [0.1, 0.15) is 15.9 Å². The second-order valence-electron chi connectivity index (χ2n) is 5.09. The lowest BCUT2D eigenvalue weighted by Crippen LogP contribution is -2.31. The zero-order valence-electron chi connectivity index (χ0n) is 13.8. The number of amides is 1. The molecule has 0 saturated carbocycles. The number of hydrogen-bond donors (Lipinski definition) is 2. The van der Waals surface area contributed by atoms with Crippen molar-refractivity contribution in [3.8, 4) is 11.5 Å². The maximum atomic E-state index is 12.2. The van der Waals surface area contributed by atoms with E-state index in [0.717, 1.165) is 11.0 Å². The molecule has 0 saturated heterocycles. The molecule has 1 amide bonds. The Bertz CT molecular complexity index is 692. The number of rotatable bonds is 8. The van der Waals surface area contributed by atoms with Crippen molar-refractivity contribution in [3.05, 3.63) is 58.1 Å². The number of halogens is 1. The van der Waals surface area contributed by atoms with Crippen LogP contribution in [0.4, 0.5) is 0 Å². The fraction of sp³-hybridized carbons (Fsp3) is 0.278. The molecule has 2 rings (SSSR count). The van der Waals surface area contributed by atoms with E-state index in [1.54, 1.807) is 32.4 Å². The van der Waals surface area contributed by atoms with Gasteiger partial charge in [-0.1, -0.05) is 34.1 Å². The minimum Gasteiger partial charge on any atom is -0.493 e. The summed E-state index contributed by atoms with van der Waals surface area (Å²) in [6.45, 7) is 1.96. The highest BCUT2D eigenvalue weighted by atomic mass is 79.9. The topological polar surface area (TPSA) is 59.6 Å². The van der Waals surface area contributed by atoms with E-state index in [4.69, 9.17) is 9.47 Å². The Kier molecular flexibility index (Phi) is 7.08. The van der Waals surface area contributed by atoms with Crippen LogP contribution in [0.15, 0.2) is 46.9 Å². The fourth-order valence-electron chi connectivity index (χ4n) is 2.21. The summed E-state index contributed by atoms with van der Waals surface area (Å²) in [5.74, 6) is 1.00. The lowest BCUT2D eigenvalue weighted by Gasteiger charge is -2.10. The molecule has 2 N–H and O–H groups in total. The maximum Gasteiger partial charge on any atom is 0.251 e. The molecule has 0 aromatic heterocycles. The van der Waals surface area contributed by atoms with Crippen LogP contribution in [0.3, 0.4) is 0 Å². The molecule has 0 fully saturated rings. The van der Waals surface area contributed by atoms with Crippen molar-refractivity contribution in [2.75, 3.05) is 27.3 Å². The highest BCUT2D eigenvalue weighted by Crippen LogP contribution is 2.27. The summed E-state index contributed by atoms with van der Waals surface area (Å²) < 4.78 is 11.4. The second kappa shape index (κ2) is 9.30. The van der Waals surface area contributed by atoms with Crippen molar-refractivity contribution < 1.29 is 14.3 Å². The van der Waals surface area contributed by atoms with E-state index in [0.29, 0.717) is 30.2 Å². The van der Waals surface area contributed by atoms with E-state index in [-0.39, 0.29) is 5.91 Å². The van der Waals surface area contributed by atoms with Gasteiger partial charge in [0.2, 0.25) is 0 Å². The van der Waals surface area contributed by atoms with Gasteiger partial charge >= 0.3 is 0 Å². The number of ether oxygens (including phenoxy) is 2. The predicted molar refractivity (Wildman–Crippen MR) is 97.7 cm³/mol. The first-order chi connectivity index (χ1) is 11.7. The normalized spacial score (nSPS) is 10.3. The Hall–Kier alpha value is -2.05. The molecular weight excluding hydrogens is 372 g/mol. The Morgan fingerprint density at radius 2 is 1.79 bits per heavy atom. The Balaban J connectivity index is 1.78.